The van der Waals surface area contributed by atoms with Gasteiger partial charge in [0.1, 0.15) is 17.5 Å². The number of amides is 1. The molecule has 1 aromatic heterocycles. The van der Waals surface area contributed by atoms with Crippen LogP contribution in [-0.4, -0.2) is 28.5 Å². The number of carbonyl (C=O) groups excluding carboxylic acids is 1. The molecule has 2 rings (SSSR count). The van der Waals surface area contributed by atoms with Gasteiger partial charge in [-0.15, -0.1) is 0 Å². The second kappa shape index (κ2) is 7.21. The molecular weight excluding hydrogens is 268 g/mol. The van der Waals surface area contributed by atoms with Crippen LogP contribution in [0, 0.1) is 6.92 Å². The minimum absolute atomic E-state index is 0.0858. The van der Waals surface area contributed by atoms with E-state index in [2.05, 4.69) is 33.0 Å². The van der Waals surface area contributed by atoms with Crippen molar-refractivity contribution >= 4 is 17.5 Å². The predicted octanol–water partition coefficient (Wildman–Crippen LogP) is 1.10. The highest BCUT2D eigenvalue weighted by atomic mass is 16.1. The molecule has 1 heterocycles. The van der Waals surface area contributed by atoms with E-state index < -0.39 is 0 Å². The molecule has 5 N–H and O–H groups in total. The zero-order valence-corrected chi connectivity index (χ0v) is 12.7. The molecule has 21 heavy (non-hydrogen) atoms. The van der Waals surface area contributed by atoms with Crippen molar-refractivity contribution in [2.45, 2.75) is 52.0 Å². The lowest BCUT2D eigenvalue weighted by molar-refractivity contribution is -0.120. The van der Waals surface area contributed by atoms with E-state index in [0.717, 1.165) is 42.9 Å². The van der Waals surface area contributed by atoms with Crippen molar-refractivity contribution < 1.29 is 4.79 Å². The lowest BCUT2D eigenvalue weighted by atomic mass is 10.2. The third-order valence-electron chi connectivity index (χ3n) is 3.39. The molecule has 0 atom stereocenters. The van der Waals surface area contributed by atoms with Crippen molar-refractivity contribution in [2.24, 2.45) is 5.84 Å². The summed E-state index contributed by atoms with van der Waals surface area (Å²) in [6.07, 6.45) is 4.42. The smallest absolute Gasteiger partial charge is 0.221 e. The number of rotatable bonds is 8. The summed E-state index contributed by atoms with van der Waals surface area (Å²) < 4.78 is 0. The molecule has 0 bridgehead atoms. The maximum absolute atomic E-state index is 11.6. The van der Waals surface area contributed by atoms with E-state index in [1.54, 1.807) is 0 Å². The molecule has 1 amide bonds. The molecule has 116 valence electrons. The Morgan fingerprint density at radius 2 is 2.05 bits per heavy atom. The van der Waals surface area contributed by atoms with Crippen molar-refractivity contribution in [3.05, 3.63) is 11.4 Å². The number of aryl methyl sites for hydroxylation is 1. The molecule has 1 aromatic rings. The largest absolute Gasteiger partial charge is 0.369 e. The number of anilines is 2. The number of nitrogens with one attached hydrogen (secondary N) is 3. The molecule has 7 heteroatoms. The van der Waals surface area contributed by atoms with Gasteiger partial charge in [0.25, 0.3) is 0 Å². The van der Waals surface area contributed by atoms with Gasteiger partial charge in [-0.05, 0) is 26.2 Å². The standard InChI is InChI=1S/C14H24N6O/c1-3-4-11-18-13(9(2)14(19-11)20-15)16-8-7-12(21)17-10-5-6-10/h10H,3-8,15H2,1-2H3,(H,17,21)(H2,16,18,19,20). The van der Waals surface area contributed by atoms with Crippen molar-refractivity contribution in [3.63, 3.8) is 0 Å². The second-order valence-electron chi connectivity index (χ2n) is 5.37. The summed E-state index contributed by atoms with van der Waals surface area (Å²) in [7, 11) is 0. The maximum atomic E-state index is 11.6. The summed E-state index contributed by atoms with van der Waals surface area (Å²) in [6.45, 7) is 4.53. The van der Waals surface area contributed by atoms with Gasteiger partial charge < -0.3 is 16.1 Å². The van der Waals surface area contributed by atoms with Crippen molar-refractivity contribution in [3.8, 4) is 0 Å². The van der Waals surface area contributed by atoms with Gasteiger partial charge in [-0.1, -0.05) is 6.92 Å². The molecule has 0 spiro atoms. The first-order valence-electron chi connectivity index (χ1n) is 7.51. The number of hydrazine groups is 1. The average Bonchev–Trinajstić information content (AvgIpc) is 3.26. The Labute approximate surface area is 125 Å². The highest BCUT2D eigenvalue weighted by Crippen LogP contribution is 2.20. The summed E-state index contributed by atoms with van der Waals surface area (Å²) in [4.78, 5) is 20.5. The van der Waals surface area contributed by atoms with Gasteiger partial charge in [0.15, 0.2) is 0 Å². The molecule has 1 saturated carbocycles. The average molecular weight is 292 g/mol. The van der Waals surface area contributed by atoms with Crippen molar-refractivity contribution in [1.82, 2.24) is 15.3 Å². The Hall–Kier alpha value is -1.89. The van der Waals surface area contributed by atoms with E-state index >= 15 is 0 Å². The first-order chi connectivity index (χ1) is 10.1. The fraction of sp³-hybridized carbons (Fsp3) is 0.643. The summed E-state index contributed by atoms with van der Waals surface area (Å²) in [5.74, 6) is 7.69. The van der Waals surface area contributed by atoms with Crippen LogP contribution in [0.4, 0.5) is 11.6 Å². The van der Waals surface area contributed by atoms with E-state index in [0.29, 0.717) is 24.8 Å². The van der Waals surface area contributed by atoms with Gasteiger partial charge in [-0.2, -0.15) is 0 Å². The fourth-order valence-corrected chi connectivity index (χ4v) is 2.03. The zero-order chi connectivity index (χ0) is 15.2. The molecule has 0 aliphatic heterocycles. The van der Waals surface area contributed by atoms with Crippen LogP contribution >= 0.6 is 0 Å². The first kappa shape index (κ1) is 15.5. The highest BCUT2D eigenvalue weighted by molar-refractivity contribution is 5.77. The molecule has 0 aromatic carbocycles. The monoisotopic (exact) mass is 292 g/mol. The van der Waals surface area contributed by atoms with E-state index in [9.17, 15) is 4.79 Å². The number of hydrogen-bond acceptors (Lipinski definition) is 6. The van der Waals surface area contributed by atoms with Crippen LogP contribution in [0.15, 0.2) is 0 Å². The van der Waals surface area contributed by atoms with Crippen LogP contribution in [0.2, 0.25) is 0 Å². The number of aromatic nitrogens is 2. The fourth-order valence-electron chi connectivity index (χ4n) is 2.03. The van der Waals surface area contributed by atoms with E-state index in [1.165, 1.54) is 0 Å². The van der Waals surface area contributed by atoms with Gasteiger partial charge in [-0.3, -0.25) is 4.79 Å². The van der Waals surface area contributed by atoms with Crippen LogP contribution in [0.25, 0.3) is 0 Å². The number of nitrogen functional groups attached to an aromatic ring is 1. The molecule has 1 aliphatic rings. The van der Waals surface area contributed by atoms with Gasteiger partial charge >= 0.3 is 0 Å². The number of hydrogen-bond donors (Lipinski definition) is 4. The second-order valence-corrected chi connectivity index (χ2v) is 5.37. The SMILES string of the molecule is CCCc1nc(NN)c(C)c(NCCC(=O)NC2CC2)n1. The molecule has 1 fully saturated rings. The lowest BCUT2D eigenvalue weighted by Gasteiger charge is -2.13. The molecule has 0 radical (unpaired) electrons. The van der Waals surface area contributed by atoms with E-state index in [1.807, 2.05) is 6.92 Å². The van der Waals surface area contributed by atoms with Crippen LogP contribution < -0.4 is 21.9 Å². The number of nitrogens with zero attached hydrogens (tertiary/aromatic N) is 2. The third-order valence-corrected chi connectivity index (χ3v) is 3.39. The quantitative estimate of drug-likeness (QED) is 0.422. The molecule has 0 unspecified atom stereocenters. The maximum Gasteiger partial charge on any atom is 0.221 e. The Morgan fingerprint density at radius 1 is 1.33 bits per heavy atom. The van der Waals surface area contributed by atoms with E-state index in [4.69, 9.17) is 5.84 Å². The van der Waals surface area contributed by atoms with Gasteiger partial charge in [-0.25, -0.2) is 15.8 Å². The van der Waals surface area contributed by atoms with E-state index in [-0.39, 0.29) is 5.91 Å². The van der Waals surface area contributed by atoms with Crippen molar-refractivity contribution in [2.75, 3.05) is 17.3 Å². The Morgan fingerprint density at radius 3 is 2.67 bits per heavy atom. The Kier molecular flexibility index (Phi) is 5.32. The van der Waals surface area contributed by atoms with Crippen LogP contribution in [0.5, 0.6) is 0 Å². The normalized spacial score (nSPS) is 13.9. The number of carbonyl (C=O) groups is 1. The van der Waals surface area contributed by atoms with Crippen LogP contribution in [0.1, 0.15) is 44.0 Å². The highest BCUT2D eigenvalue weighted by Gasteiger charge is 2.22. The van der Waals surface area contributed by atoms with Gasteiger partial charge in [0.2, 0.25) is 5.91 Å². The minimum atomic E-state index is 0.0858. The topological polar surface area (TPSA) is 105 Å². The summed E-state index contributed by atoms with van der Waals surface area (Å²) in [5.41, 5.74) is 3.46. The third kappa shape index (κ3) is 4.56. The van der Waals surface area contributed by atoms with Crippen LogP contribution in [-0.2, 0) is 11.2 Å². The van der Waals surface area contributed by atoms with Gasteiger partial charge in [0.05, 0.1) is 0 Å². The predicted molar refractivity (Wildman–Crippen MR) is 82.8 cm³/mol. The van der Waals surface area contributed by atoms with Crippen molar-refractivity contribution in [1.29, 1.82) is 0 Å². The minimum Gasteiger partial charge on any atom is -0.369 e. The summed E-state index contributed by atoms with van der Waals surface area (Å²) >= 11 is 0. The first-order valence-corrected chi connectivity index (χ1v) is 7.51. The molecule has 7 nitrogen and oxygen atoms in total. The summed E-state index contributed by atoms with van der Waals surface area (Å²) in [6, 6.07) is 0.405. The Bertz CT molecular complexity index is 500. The lowest BCUT2D eigenvalue weighted by Crippen LogP contribution is -2.27. The van der Waals surface area contributed by atoms with Crippen LogP contribution in [0.3, 0.4) is 0 Å². The number of nitrogens with two attached hydrogens (primary N) is 1. The molecule has 1 aliphatic carbocycles. The zero-order valence-electron chi connectivity index (χ0n) is 12.7. The molecular formula is C14H24N6O. The Balaban J connectivity index is 1.93. The summed E-state index contributed by atoms with van der Waals surface area (Å²) in [5, 5.41) is 6.17. The molecule has 0 saturated heterocycles. The van der Waals surface area contributed by atoms with Gasteiger partial charge in [0, 0.05) is 31.0 Å².